The number of hydrogen-bond donors (Lipinski definition) is 0. The van der Waals surface area contributed by atoms with Gasteiger partial charge in [-0.2, -0.15) is 0 Å². The Balaban J connectivity index is 1.53. The van der Waals surface area contributed by atoms with Gasteiger partial charge >= 0.3 is 0 Å². The van der Waals surface area contributed by atoms with Crippen LogP contribution < -0.4 is 10.5 Å². The quantitative estimate of drug-likeness (QED) is 0.373. The van der Waals surface area contributed by atoms with Gasteiger partial charge in [0.1, 0.15) is 0 Å². The second kappa shape index (κ2) is 8.39. The first kappa shape index (κ1) is 20.6. The first-order chi connectivity index (χ1) is 16.7. The summed E-state index contributed by atoms with van der Waals surface area (Å²) >= 11 is 0. The summed E-state index contributed by atoms with van der Waals surface area (Å²) < 4.78 is 7.26. The number of fused-ring (bicyclic) bond motifs is 3. The van der Waals surface area contributed by atoms with Crippen molar-refractivity contribution >= 4 is 27.5 Å². The minimum Gasteiger partial charge on any atom is -0.378 e. The van der Waals surface area contributed by atoms with Crippen molar-refractivity contribution in [1.82, 2.24) is 14.5 Å². The normalized spacial score (nSPS) is 14.1. The Bertz CT molecular complexity index is 1550. The van der Waals surface area contributed by atoms with Gasteiger partial charge in [-0.1, -0.05) is 12.1 Å². The average molecular weight is 449 g/mol. The number of pyridine rings is 3. The lowest BCUT2D eigenvalue weighted by Crippen LogP contribution is -2.36. The number of nitrogens with zero attached hydrogens (tertiary/aromatic N) is 4. The first-order valence-electron chi connectivity index (χ1n) is 11.5. The summed E-state index contributed by atoms with van der Waals surface area (Å²) in [7, 11) is 0. The summed E-state index contributed by atoms with van der Waals surface area (Å²) in [6.07, 6.45) is 3.72. The Kier molecular flexibility index (Phi) is 5.08. The SMILES string of the molecule is Cc1ccc(-c2ccc3ncc4ccc(=O)n(-c5ccc(N6CCOCC6)cc5)c4c3c2)cn1. The van der Waals surface area contributed by atoms with E-state index in [1.807, 2.05) is 49.6 Å². The van der Waals surface area contributed by atoms with Crippen LogP contribution in [0.5, 0.6) is 0 Å². The number of rotatable bonds is 3. The lowest BCUT2D eigenvalue weighted by molar-refractivity contribution is 0.122. The Hall–Kier alpha value is -4.03. The number of benzene rings is 2. The summed E-state index contributed by atoms with van der Waals surface area (Å²) in [6, 6.07) is 21.9. The van der Waals surface area contributed by atoms with Gasteiger partial charge in [0.05, 0.1) is 24.2 Å². The number of aryl methyl sites for hydroxylation is 1. The van der Waals surface area contributed by atoms with Crippen LogP contribution in [0.4, 0.5) is 5.69 Å². The van der Waals surface area contributed by atoms with Crippen molar-refractivity contribution in [1.29, 1.82) is 0 Å². The molecule has 0 bridgehead atoms. The lowest BCUT2D eigenvalue weighted by Gasteiger charge is -2.29. The van der Waals surface area contributed by atoms with Gasteiger partial charge in [-0.15, -0.1) is 0 Å². The van der Waals surface area contributed by atoms with E-state index < -0.39 is 0 Å². The maximum atomic E-state index is 13.2. The van der Waals surface area contributed by atoms with Gasteiger partial charge in [-0.05, 0) is 61.0 Å². The first-order valence-corrected chi connectivity index (χ1v) is 11.5. The van der Waals surface area contributed by atoms with E-state index in [-0.39, 0.29) is 5.56 Å². The molecule has 1 saturated heterocycles. The lowest BCUT2D eigenvalue weighted by atomic mass is 10.0. The molecule has 0 amide bonds. The molecule has 6 heteroatoms. The topological polar surface area (TPSA) is 60.2 Å². The third-order valence-corrected chi connectivity index (χ3v) is 6.45. The van der Waals surface area contributed by atoms with Crippen molar-refractivity contribution < 1.29 is 4.74 Å². The van der Waals surface area contributed by atoms with Gasteiger partial charge < -0.3 is 9.64 Å². The summed E-state index contributed by atoms with van der Waals surface area (Å²) in [5, 5.41) is 1.86. The molecule has 0 saturated carbocycles. The predicted octanol–water partition coefficient (Wildman–Crippen LogP) is 4.75. The molecule has 4 heterocycles. The average Bonchev–Trinajstić information content (AvgIpc) is 2.89. The zero-order chi connectivity index (χ0) is 23.1. The largest absolute Gasteiger partial charge is 0.378 e. The number of hydrogen-bond acceptors (Lipinski definition) is 5. The molecule has 6 nitrogen and oxygen atoms in total. The fourth-order valence-corrected chi connectivity index (χ4v) is 4.62. The fourth-order valence-electron chi connectivity index (χ4n) is 4.62. The molecule has 168 valence electrons. The van der Waals surface area contributed by atoms with Crippen LogP contribution in [0.1, 0.15) is 5.69 Å². The summed E-state index contributed by atoms with van der Waals surface area (Å²) in [5.41, 5.74) is 6.67. The molecule has 0 aliphatic carbocycles. The zero-order valence-electron chi connectivity index (χ0n) is 18.9. The van der Waals surface area contributed by atoms with Crippen LogP contribution in [0, 0.1) is 6.92 Å². The van der Waals surface area contributed by atoms with Gasteiger partial charge in [-0.3, -0.25) is 19.3 Å². The molecule has 0 atom stereocenters. The van der Waals surface area contributed by atoms with E-state index in [4.69, 9.17) is 4.74 Å². The molecule has 2 aromatic carbocycles. The molecular formula is C28H24N4O2. The van der Waals surface area contributed by atoms with E-state index in [1.165, 1.54) is 0 Å². The highest BCUT2D eigenvalue weighted by molar-refractivity contribution is 6.05. The van der Waals surface area contributed by atoms with E-state index in [1.54, 1.807) is 10.6 Å². The Morgan fingerprint density at radius 2 is 1.56 bits per heavy atom. The molecule has 34 heavy (non-hydrogen) atoms. The number of morpholine rings is 1. The van der Waals surface area contributed by atoms with Crippen LogP contribution >= 0.6 is 0 Å². The highest BCUT2D eigenvalue weighted by atomic mass is 16.5. The van der Waals surface area contributed by atoms with E-state index in [9.17, 15) is 4.79 Å². The highest BCUT2D eigenvalue weighted by Crippen LogP contribution is 2.30. The molecule has 0 spiro atoms. The zero-order valence-corrected chi connectivity index (χ0v) is 18.9. The van der Waals surface area contributed by atoms with E-state index in [0.29, 0.717) is 0 Å². The molecule has 1 aliphatic rings. The summed E-state index contributed by atoms with van der Waals surface area (Å²) in [4.78, 5) is 24.6. The van der Waals surface area contributed by atoms with Crippen molar-refractivity contribution in [3.63, 3.8) is 0 Å². The Labute approximate surface area is 197 Å². The predicted molar refractivity (Wildman–Crippen MR) is 136 cm³/mol. The minimum atomic E-state index is -0.0680. The van der Waals surface area contributed by atoms with Gasteiger partial charge in [-0.25, -0.2) is 0 Å². The van der Waals surface area contributed by atoms with Gasteiger partial charge in [0.25, 0.3) is 5.56 Å². The summed E-state index contributed by atoms with van der Waals surface area (Å²) in [5.74, 6) is 0. The van der Waals surface area contributed by atoms with Crippen molar-refractivity contribution in [2.24, 2.45) is 0 Å². The molecule has 5 aromatic rings. The van der Waals surface area contributed by atoms with Crippen LogP contribution in [0.3, 0.4) is 0 Å². The van der Waals surface area contributed by atoms with Crippen LogP contribution in [-0.2, 0) is 4.74 Å². The van der Waals surface area contributed by atoms with E-state index in [0.717, 1.165) is 76.3 Å². The van der Waals surface area contributed by atoms with Crippen LogP contribution in [0.2, 0.25) is 0 Å². The minimum absolute atomic E-state index is 0.0680. The van der Waals surface area contributed by atoms with E-state index in [2.05, 4.69) is 45.2 Å². The van der Waals surface area contributed by atoms with Crippen molar-refractivity contribution in [3.8, 4) is 16.8 Å². The molecule has 0 unspecified atom stereocenters. The monoisotopic (exact) mass is 448 g/mol. The smallest absolute Gasteiger partial charge is 0.255 e. The second-order valence-electron chi connectivity index (χ2n) is 8.61. The van der Waals surface area contributed by atoms with Crippen LogP contribution in [0.25, 0.3) is 38.6 Å². The van der Waals surface area contributed by atoms with Crippen molar-refractivity contribution in [3.05, 3.63) is 95.2 Å². The van der Waals surface area contributed by atoms with Gasteiger partial charge in [0.2, 0.25) is 0 Å². The maximum absolute atomic E-state index is 13.2. The Morgan fingerprint density at radius 1 is 0.794 bits per heavy atom. The highest BCUT2D eigenvalue weighted by Gasteiger charge is 2.14. The molecule has 1 aliphatic heterocycles. The molecule has 0 radical (unpaired) electrons. The molecule has 0 N–H and O–H groups in total. The van der Waals surface area contributed by atoms with Crippen LogP contribution in [0.15, 0.2) is 83.9 Å². The van der Waals surface area contributed by atoms with Crippen molar-refractivity contribution in [2.45, 2.75) is 6.92 Å². The van der Waals surface area contributed by atoms with E-state index >= 15 is 0 Å². The number of anilines is 1. The fraction of sp³-hybridized carbons (Fsp3) is 0.179. The second-order valence-corrected chi connectivity index (χ2v) is 8.61. The standard InChI is InChI=1S/C28H24N4O2/c1-19-2-3-21(17-29-19)20-4-10-26-25(16-20)28-22(18-30-26)5-11-27(33)32(28)24-8-6-23(7-9-24)31-12-14-34-15-13-31/h2-11,16-18H,12-15H2,1H3. The third kappa shape index (κ3) is 3.62. The van der Waals surface area contributed by atoms with Crippen molar-refractivity contribution in [2.75, 3.05) is 31.2 Å². The van der Waals surface area contributed by atoms with Crippen LogP contribution in [-0.4, -0.2) is 40.8 Å². The third-order valence-electron chi connectivity index (χ3n) is 6.45. The Morgan fingerprint density at radius 3 is 2.32 bits per heavy atom. The summed E-state index contributed by atoms with van der Waals surface area (Å²) in [6.45, 7) is 5.20. The molecular weight excluding hydrogens is 424 g/mol. The molecule has 1 fully saturated rings. The molecule has 6 rings (SSSR count). The maximum Gasteiger partial charge on any atom is 0.255 e. The number of ether oxygens (including phenoxy) is 1. The van der Waals surface area contributed by atoms with Gasteiger partial charge in [0, 0.05) is 65.0 Å². The number of aromatic nitrogens is 3. The molecule has 3 aromatic heterocycles. The van der Waals surface area contributed by atoms with Gasteiger partial charge in [0.15, 0.2) is 0 Å².